The van der Waals surface area contributed by atoms with Crippen LogP contribution in [0.4, 0.5) is 16.2 Å². The Labute approximate surface area is 362 Å². The van der Waals surface area contributed by atoms with Gasteiger partial charge < -0.3 is 43.9 Å². The number of hydrogen-bond acceptors (Lipinski definition) is 13. The molecule has 0 spiro atoms. The molecule has 2 fully saturated rings. The predicted molar refractivity (Wildman–Crippen MR) is 229 cm³/mol. The van der Waals surface area contributed by atoms with Crippen LogP contribution in [0.2, 0.25) is 5.02 Å². The Bertz CT molecular complexity index is 2220. The van der Waals surface area contributed by atoms with Gasteiger partial charge in [0, 0.05) is 51.4 Å². The number of halogens is 1. The number of epoxide rings is 1. The van der Waals surface area contributed by atoms with Crippen LogP contribution < -0.4 is 20.3 Å². The van der Waals surface area contributed by atoms with E-state index in [4.69, 9.17) is 35.3 Å². The second-order valence-electron chi connectivity index (χ2n) is 16.6. The third-order valence-corrected chi connectivity index (χ3v) is 13.0. The number of fused-ring (bicyclic) bond motifs is 5. The number of alkyl carbamates (subject to hydrolysis) is 1. The Morgan fingerprint density at radius 2 is 1.84 bits per heavy atom. The lowest BCUT2D eigenvalue weighted by Gasteiger charge is -2.42. The smallest absolute Gasteiger partial charge is 0.409 e. The van der Waals surface area contributed by atoms with E-state index in [0.29, 0.717) is 23.5 Å². The van der Waals surface area contributed by atoms with Crippen LogP contribution in [0.1, 0.15) is 70.3 Å². The molecule has 0 aromatic heterocycles. The summed E-state index contributed by atoms with van der Waals surface area (Å²) in [6, 6.07) is 6.44. The van der Waals surface area contributed by atoms with E-state index in [0.717, 1.165) is 22.3 Å². The zero-order valence-corrected chi connectivity index (χ0v) is 38.0. The molecule has 3 heterocycles. The second-order valence-corrected chi connectivity index (χ2v) is 19.0. The fourth-order valence-corrected chi connectivity index (χ4v) is 8.95. The minimum atomic E-state index is -3.76. The van der Waals surface area contributed by atoms with Gasteiger partial charge in [-0.15, -0.1) is 0 Å². The average molecular weight is 889 g/mol. The van der Waals surface area contributed by atoms with Crippen molar-refractivity contribution in [3.05, 3.63) is 70.3 Å². The fraction of sp³-hybridized carbons (Fsp3) is 0.535. The number of hydrogen-bond donors (Lipinski definition) is 3. The van der Waals surface area contributed by atoms with Gasteiger partial charge >= 0.3 is 12.1 Å². The molecule has 334 valence electrons. The Morgan fingerprint density at radius 3 is 2.46 bits per heavy atom. The van der Waals surface area contributed by atoms with Crippen LogP contribution in [0, 0.1) is 5.92 Å². The normalized spacial score (nSPS) is 28.9. The van der Waals surface area contributed by atoms with Crippen LogP contribution in [-0.2, 0) is 44.8 Å². The third-order valence-electron chi connectivity index (χ3n) is 11.5. The van der Waals surface area contributed by atoms with Crippen LogP contribution in [0.25, 0.3) is 0 Å². The summed E-state index contributed by atoms with van der Waals surface area (Å²) in [6.07, 6.45) is 1.39. The van der Waals surface area contributed by atoms with Gasteiger partial charge in [0.15, 0.2) is 15.6 Å². The van der Waals surface area contributed by atoms with Crippen molar-refractivity contribution in [2.45, 2.75) is 114 Å². The van der Waals surface area contributed by atoms with Gasteiger partial charge in [0.25, 0.3) is 5.91 Å². The minimum Gasteiger partial charge on any atom is -0.495 e. The first-order valence-electron chi connectivity index (χ1n) is 19.9. The van der Waals surface area contributed by atoms with Gasteiger partial charge in [0.1, 0.15) is 40.7 Å². The number of sulfone groups is 1. The number of carbonyl (C=O) groups excluding carboxylic acids is 4. The summed E-state index contributed by atoms with van der Waals surface area (Å²) in [6.45, 7) is 10.5. The highest BCUT2D eigenvalue weighted by Crippen LogP contribution is 2.49. The summed E-state index contributed by atoms with van der Waals surface area (Å²) in [5, 5.41) is 17.6. The number of nitrogens with zero attached hydrogens (tertiary/aromatic N) is 2. The predicted octanol–water partition coefficient (Wildman–Crippen LogP) is 5.05. The Morgan fingerprint density at radius 1 is 1.15 bits per heavy atom. The molecule has 18 heteroatoms. The molecule has 2 aromatic carbocycles. The molecule has 2 aromatic rings. The molecule has 0 aliphatic carbocycles. The lowest BCUT2D eigenvalue weighted by molar-refractivity contribution is -0.158. The molecule has 0 saturated carbocycles. The number of allylic oxidation sites excluding steroid dienone is 3. The molecule has 3 amide bonds. The first kappa shape index (κ1) is 47.4. The van der Waals surface area contributed by atoms with Crippen LogP contribution in [0.15, 0.2) is 59.0 Å². The molecule has 3 N–H and O–H groups in total. The number of rotatable bonds is 9. The van der Waals surface area contributed by atoms with Crippen molar-refractivity contribution in [1.29, 1.82) is 0 Å². The Kier molecular flexibility index (Phi) is 14.2. The van der Waals surface area contributed by atoms with E-state index in [1.165, 1.54) is 58.3 Å². The highest BCUT2D eigenvalue weighted by molar-refractivity contribution is 7.90. The van der Waals surface area contributed by atoms with Crippen LogP contribution in [0.3, 0.4) is 0 Å². The van der Waals surface area contributed by atoms with E-state index in [1.807, 2.05) is 26.8 Å². The number of likely N-dealkylation sites (N-methyl/N-ethyl adjacent to an activating group) is 1. The number of methoxy groups -OCH3 is 2. The van der Waals surface area contributed by atoms with Crippen LogP contribution >= 0.6 is 11.6 Å². The van der Waals surface area contributed by atoms with Crippen LogP contribution in [0.5, 0.6) is 5.75 Å². The number of esters is 1. The largest absolute Gasteiger partial charge is 0.495 e. The molecule has 0 unspecified atom stereocenters. The van der Waals surface area contributed by atoms with E-state index in [9.17, 15) is 32.7 Å². The first-order valence-corrected chi connectivity index (χ1v) is 22.2. The molecular weight excluding hydrogens is 832 g/mol. The number of anilines is 2. The van der Waals surface area contributed by atoms with E-state index in [2.05, 4.69) is 10.6 Å². The van der Waals surface area contributed by atoms with Gasteiger partial charge in [-0.25, -0.2) is 18.0 Å². The fourth-order valence-electron chi connectivity index (χ4n) is 7.77. The van der Waals surface area contributed by atoms with Crippen molar-refractivity contribution in [3.63, 3.8) is 0 Å². The number of nitrogens with one attached hydrogen (secondary N) is 2. The quantitative estimate of drug-likeness (QED) is 0.223. The van der Waals surface area contributed by atoms with E-state index in [-0.39, 0.29) is 27.9 Å². The van der Waals surface area contributed by atoms with Crippen molar-refractivity contribution < 1.29 is 56.4 Å². The van der Waals surface area contributed by atoms with Gasteiger partial charge in [-0.1, -0.05) is 42.3 Å². The molecule has 4 bridgehead atoms. The molecule has 2 saturated heterocycles. The lowest BCUT2D eigenvalue weighted by atomic mass is 9.83. The first-order chi connectivity index (χ1) is 28.4. The molecule has 5 rings (SSSR count). The maximum Gasteiger partial charge on any atom is 0.409 e. The van der Waals surface area contributed by atoms with Gasteiger partial charge in [0.05, 0.1) is 35.9 Å². The summed E-state index contributed by atoms with van der Waals surface area (Å²) >= 11 is 6.79. The summed E-state index contributed by atoms with van der Waals surface area (Å²) in [7, 11) is 2.04. The van der Waals surface area contributed by atoms with Crippen LogP contribution in [-0.4, -0.2) is 125 Å². The number of benzene rings is 2. The number of ether oxygens (including phenoxy) is 5. The minimum absolute atomic E-state index is 0.0230. The molecule has 8 atom stereocenters. The molecule has 0 radical (unpaired) electrons. The summed E-state index contributed by atoms with van der Waals surface area (Å²) < 4.78 is 54.7. The number of carbonyl (C=O) groups is 4. The van der Waals surface area contributed by atoms with Gasteiger partial charge in [-0.3, -0.25) is 14.9 Å². The standard InChI is InChI=1S/C43H57ClN4O12S/c1-23(2)45-29-16-15-28(20-33(29)61(11,54)55)39(50)47(7)26(5)40(51)59-35-21-36(49)48(8)30-18-27(19-31(56-9)37(30)44)17-24(3)13-12-14-34(57-10)43(53)22-32(58-41(52)46-43)25(4)38-42(35,6)60-38/h12-16,18-20,23,25-26,32,34-35,38,45,53H,17,21-22H2,1-11H3,(H,46,52)/b14-12+,24-13+/t25-,26+,32+,34-,35+,38+,42+,43+/m1/s1. The molecule has 16 nitrogen and oxygen atoms in total. The maximum atomic E-state index is 14.3. The lowest BCUT2D eigenvalue weighted by Crippen LogP contribution is -2.63. The maximum absolute atomic E-state index is 14.3. The van der Waals surface area contributed by atoms with Gasteiger partial charge in [-0.2, -0.15) is 0 Å². The molecule has 3 aliphatic heterocycles. The number of amides is 3. The summed E-state index contributed by atoms with van der Waals surface area (Å²) in [5.41, 5.74) is -0.834. The average Bonchev–Trinajstić information content (AvgIpc) is 3.89. The SMILES string of the molecule is COc1cc2cc(c1Cl)N(C)C(=O)C[C@H](OC(=O)[C@H](C)N(C)C(=O)c1ccc(NC(C)C)c(S(C)(=O)=O)c1)[C@]1(C)O[C@H]1[C@H](C)[C@@H]1C[C@@](O)(NC(=O)O1)[C@H](OC)/C=C/C=C(\C)C2. The van der Waals surface area contributed by atoms with E-state index < -0.39 is 87.8 Å². The van der Waals surface area contributed by atoms with Crippen molar-refractivity contribution in [2.24, 2.45) is 5.92 Å². The van der Waals surface area contributed by atoms with Crippen molar-refractivity contribution >= 4 is 56.7 Å². The topological polar surface area (TPSA) is 203 Å². The highest BCUT2D eigenvalue weighted by atomic mass is 35.5. The zero-order valence-electron chi connectivity index (χ0n) is 36.4. The third kappa shape index (κ3) is 10.3. The van der Waals surface area contributed by atoms with E-state index in [1.54, 1.807) is 38.1 Å². The second kappa shape index (κ2) is 18.3. The number of aliphatic hydroxyl groups is 1. The van der Waals surface area contributed by atoms with Gasteiger partial charge in [0.2, 0.25) is 5.91 Å². The molecule has 3 aliphatic rings. The van der Waals surface area contributed by atoms with Gasteiger partial charge in [-0.05, 0) is 76.9 Å². The molecular formula is C43H57ClN4O12S. The molecule has 61 heavy (non-hydrogen) atoms. The van der Waals surface area contributed by atoms with Crippen molar-refractivity contribution in [3.8, 4) is 5.75 Å². The Balaban J connectivity index is 1.51. The van der Waals surface area contributed by atoms with Crippen molar-refractivity contribution in [2.75, 3.05) is 44.8 Å². The summed E-state index contributed by atoms with van der Waals surface area (Å²) in [4.78, 5) is 57.5. The summed E-state index contributed by atoms with van der Waals surface area (Å²) in [5.74, 6) is -2.29. The van der Waals surface area contributed by atoms with E-state index >= 15 is 0 Å². The Hall–Kier alpha value is -4.68. The monoisotopic (exact) mass is 888 g/mol. The zero-order chi connectivity index (χ0) is 45.4. The van der Waals surface area contributed by atoms with Crippen molar-refractivity contribution in [1.82, 2.24) is 10.2 Å². The highest BCUT2D eigenvalue weighted by Gasteiger charge is 2.64.